The van der Waals surface area contributed by atoms with Gasteiger partial charge in [-0.2, -0.15) is 0 Å². The van der Waals surface area contributed by atoms with Crippen LogP contribution >= 0.6 is 0 Å². The topological polar surface area (TPSA) is 81.4 Å². The largest absolute Gasteiger partial charge is 0.464 e. The summed E-state index contributed by atoms with van der Waals surface area (Å²) < 4.78 is 5.03. The molecule has 0 spiro atoms. The molecule has 0 aliphatic heterocycles. The number of nitrogens with two attached hydrogens (primary N) is 1. The molecule has 1 atom stereocenters. The highest BCUT2D eigenvalue weighted by atomic mass is 16.5. The molecule has 0 aliphatic rings. The Balaban J connectivity index is 3.96. The van der Waals surface area contributed by atoms with E-state index in [9.17, 15) is 9.59 Å². The maximum Gasteiger partial charge on any atom is 0.328 e. The van der Waals surface area contributed by atoms with Gasteiger partial charge < -0.3 is 15.8 Å². The highest BCUT2D eigenvalue weighted by Crippen LogP contribution is 2.10. The first-order chi connectivity index (χ1) is 15.2. The van der Waals surface area contributed by atoms with Gasteiger partial charge in [-0.05, 0) is 45.6 Å². The van der Waals surface area contributed by atoms with Crippen molar-refractivity contribution >= 4 is 11.9 Å². The number of allylic oxidation sites excluding steroid dienone is 5. The number of nitrogens with one attached hydrogen (secondary N) is 1. The van der Waals surface area contributed by atoms with Gasteiger partial charge in [-0.1, -0.05) is 88.7 Å². The zero-order valence-corrected chi connectivity index (χ0v) is 20.0. The number of ether oxygens (including phenoxy) is 1. The van der Waals surface area contributed by atoms with Gasteiger partial charge >= 0.3 is 5.97 Å². The quantitative estimate of drug-likeness (QED) is 0.111. The summed E-state index contributed by atoms with van der Waals surface area (Å²) in [5.41, 5.74) is 5.49. The van der Waals surface area contributed by atoms with Gasteiger partial charge in [-0.3, -0.25) is 4.79 Å². The Hall–Kier alpha value is -1.88. The van der Waals surface area contributed by atoms with Crippen LogP contribution in [0.2, 0.25) is 0 Å². The third-order valence-electron chi connectivity index (χ3n) is 5.03. The lowest BCUT2D eigenvalue weighted by Crippen LogP contribution is -2.41. The Bertz CT molecular complexity index is 527. The van der Waals surface area contributed by atoms with Gasteiger partial charge in [0.15, 0.2) is 0 Å². The minimum absolute atomic E-state index is 0.297. The van der Waals surface area contributed by atoms with Crippen LogP contribution in [0.25, 0.3) is 0 Å². The van der Waals surface area contributed by atoms with Crippen LogP contribution in [0.1, 0.15) is 97.3 Å². The van der Waals surface area contributed by atoms with Crippen molar-refractivity contribution in [2.24, 2.45) is 5.73 Å². The van der Waals surface area contributed by atoms with E-state index < -0.39 is 12.0 Å². The van der Waals surface area contributed by atoms with Crippen LogP contribution in [-0.4, -0.2) is 31.1 Å². The summed E-state index contributed by atoms with van der Waals surface area (Å²) in [5, 5.41) is 2.72. The van der Waals surface area contributed by atoms with Crippen LogP contribution in [0.15, 0.2) is 36.5 Å². The molecule has 0 saturated carbocycles. The fourth-order valence-corrected chi connectivity index (χ4v) is 3.22. The van der Waals surface area contributed by atoms with E-state index in [4.69, 9.17) is 10.5 Å². The molecular formula is C26H46N2O3. The van der Waals surface area contributed by atoms with Gasteiger partial charge in [0.1, 0.15) is 6.04 Å². The fourth-order valence-electron chi connectivity index (χ4n) is 3.22. The van der Waals surface area contributed by atoms with Crippen molar-refractivity contribution in [2.75, 3.05) is 13.2 Å². The highest BCUT2D eigenvalue weighted by molar-refractivity contribution is 5.91. The van der Waals surface area contributed by atoms with Crippen molar-refractivity contribution in [3.05, 3.63) is 36.5 Å². The lowest BCUT2D eigenvalue weighted by Gasteiger charge is -2.16. The number of amides is 1. The molecule has 0 aliphatic carbocycles. The van der Waals surface area contributed by atoms with Crippen molar-refractivity contribution in [1.29, 1.82) is 0 Å². The van der Waals surface area contributed by atoms with E-state index in [1.54, 1.807) is 13.0 Å². The van der Waals surface area contributed by atoms with Crippen LogP contribution in [0, 0.1) is 0 Å². The second-order valence-electron chi connectivity index (χ2n) is 7.89. The van der Waals surface area contributed by atoms with Crippen LogP contribution in [0.3, 0.4) is 0 Å². The number of rotatable bonds is 20. The van der Waals surface area contributed by atoms with E-state index in [-0.39, 0.29) is 5.91 Å². The van der Waals surface area contributed by atoms with Gasteiger partial charge in [0.25, 0.3) is 0 Å². The summed E-state index contributed by atoms with van der Waals surface area (Å²) in [6.45, 7) is 4.88. The number of carbonyl (C=O) groups is 2. The SMILES string of the molecule is CCCCCCCCCCCC=CC=CC=CC(=O)N[C@@H](CCCCN)C(=O)OCC. The summed E-state index contributed by atoms with van der Waals surface area (Å²) >= 11 is 0. The lowest BCUT2D eigenvalue weighted by atomic mass is 10.1. The smallest absolute Gasteiger partial charge is 0.328 e. The second-order valence-corrected chi connectivity index (χ2v) is 7.89. The normalized spacial score (nSPS) is 12.7. The summed E-state index contributed by atoms with van der Waals surface area (Å²) in [6.07, 6.45) is 26.3. The lowest BCUT2D eigenvalue weighted by molar-refractivity contribution is -0.147. The van der Waals surface area contributed by atoms with Crippen LogP contribution in [0.4, 0.5) is 0 Å². The third-order valence-corrected chi connectivity index (χ3v) is 5.03. The van der Waals surface area contributed by atoms with E-state index >= 15 is 0 Å². The molecule has 1 amide bonds. The van der Waals surface area contributed by atoms with E-state index in [0.29, 0.717) is 19.6 Å². The molecule has 0 unspecified atom stereocenters. The van der Waals surface area contributed by atoms with E-state index in [1.807, 2.05) is 18.2 Å². The number of unbranched alkanes of at least 4 members (excludes halogenated alkanes) is 10. The van der Waals surface area contributed by atoms with Crippen molar-refractivity contribution in [1.82, 2.24) is 5.32 Å². The van der Waals surface area contributed by atoms with Crippen LogP contribution < -0.4 is 11.1 Å². The molecule has 3 N–H and O–H groups in total. The second kappa shape index (κ2) is 22.8. The van der Waals surface area contributed by atoms with E-state index in [0.717, 1.165) is 19.3 Å². The molecule has 0 heterocycles. The maximum atomic E-state index is 12.0. The summed E-state index contributed by atoms with van der Waals surface area (Å²) in [5.74, 6) is -0.689. The minimum Gasteiger partial charge on any atom is -0.464 e. The Morgan fingerprint density at radius 3 is 2.13 bits per heavy atom. The van der Waals surface area contributed by atoms with Crippen LogP contribution in [-0.2, 0) is 14.3 Å². The predicted molar refractivity (Wildman–Crippen MR) is 131 cm³/mol. The molecule has 0 fully saturated rings. The molecule has 5 heteroatoms. The molecule has 0 aromatic heterocycles. The first-order valence-electron chi connectivity index (χ1n) is 12.3. The number of carbonyl (C=O) groups excluding carboxylic acids is 2. The summed E-state index contributed by atoms with van der Waals surface area (Å²) in [6, 6.07) is -0.621. The van der Waals surface area contributed by atoms with Crippen molar-refractivity contribution in [3.63, 3.8) is 0 Å². The molecular weight excluding hydrogens is 388 g/mol. The molecule has 0 rings (SSSR count). The van der Waals surface area contributed by atoms with E-state index in [1.165, 1.54) is 63.9 Å². The molecule has 0 aromatic rings. The molecule has 0 saturated heterocycles. The molecule has 0 bridgehead atoms. The zero-order valence-electron chi connectivity index (χ0n) is 20.0. The number of hydrogen-bond donors (Lipinski definition) is 2. The molecule has 178 valence electrons. The Morgan fingerprint density at radius 2 is 1.48 bits per heavy atom. The van der Waals surface area contributed by atoms with Crippen molar-refractivity contribution in [3.8, 4) is 0 Å². The van der Waals surface area contributed by atoms with Crippen molar-refractivity contribution < 1.29 is 14.3 Å². The Kier molecular flexibility index (Phi) is 21.4. The van der Waals surface area contributed by atoms with Gasteiger partial charge in [0.2, 0.25) is 5.91 Å². The molecule has 0 aromatic carbocycles. The average molecular weight is 435 g/mol. The summed E-state index contributed by atoms with van der Waals surface area (Å²) in [4.78, 5) is 24.0. The van der Waals surface area contributed by atoms with Gasteiger partial charge in [0.05, 0.1) is 6.61 Å². The monoisotopic (exact) mass is 434 g/mol. The number of hydrogen-bond acceptors (Lipinski definition) is 4. The highest BCUT2D eigenvalue weighted by Gasteiger charge is 2.20. The predicted octanol–water partition coefficient (Wildman–Crippen LogP) is 5.75. The Morgan fingerprint density at radius 1 is 0.839 bits per heavy atom. The first-order valence-corrected chi connectivity index (χ1v) is 12.3. The standard InChI is InChI=1S/C26H46N2O3/c1-3-5-6-7-8-9-10-11-12-13-14-15-16-17-18-22-25(29)28-24(21-19-20-23-27)26(30)31-4-2/h14-18,22,24H,3-13,19-21,23,27H2,1-2H3,(H,28,29)/t24-/m0/s1. The molecule has 31 heavy (non-hydrogen) atoms. The third kappa shape index (κ3) is 19.8. The fraction of sp³-hybridized carbons (Fsp3) is 0.692. The van der Waals surface area contributed by atoms with Crippen LogP contribution in [0.5, 0.6) is 0 Å². The maximum absolute atomic E-state index is 12.0. The summed E-state index contributed by atoms with van der Waals surface area (Å²) in [7, 11) is 0. The van der Waals surface area contributed by atoms with E-state index in [2.05, 4.69) is 18.3 Å². The molecule has 5 nitrogen and oxygen atoms in total. The minimum atomic E-state index is -0.621. The number of esters is 1. The van der Waals surface area contributed by atoms with Gasteiger partial charge in [-0.25, -0.2) is 4.79 Å². The average Bonchev–Trinajstić information content (AvgIpc) is 2.76. The molecule has 0 radical (unpaired) electrons. The van der Waals surface area contributed by atoms with Gasteiger partial charge in [0, 0.05) is 6.08 Å². The van der Waals surface area contributed by atoms with Gasteiger partial charge in [-0.15, -0.1) is 0 Å². The zero-order chi connectivity index (χ0) is 23.0. The first kappa shape index (κ1) is 29.1. The Labute approximate surface area is 190 Å². The van der Waals surface area contributed by atoms with Crippen molar-refractivity contribution in [2.45, 2.75) is 103 Å².